The van der Waals surface area contributed by atoms with Crippen molar-refractivity contribution in [2.24, 2.45) is 0 Å². The monoisotopic (exact) mass is 380 g/mol. The molecule has 0 spiro atoms. The third kappa shape index (κ3) is 4.80. The van der Waals surface area contributed by atoms with Crippen molar-refractivity contribution in [1.82, 2.24) is 20.2 Å². The summed E-state index contributed by atoms with van der Waals surface area (Å²) in [6.45, 7) is 4.37. The Labute approximate surface area is 142 Å². The first kappa shape index (κ1) is 18.9. The molecule has 0 saturated carbocycles. The molecule has 0 aliphatic heterocycles. The van der Waals surface area contributed by atoms with E-state index in [9.17, 15) is 13.3 Å². The number of hydrogen-bond acceptors (Lipinski definition) is 6. The summed E-state index contributed by atoms with van der Waals surface area (Å²) < 4.78 is 48.0. The molecule has 0 aliphatic rings. The Hall–Kier alpha value is -1.41. The number of hydrogen-bond donors (Lipinski definition) is 1. The fourth-order valence-electron chi connectivity index (χ4n) is 1.92. The van der Waals surface area contributed by atoms with Crippen molar-refractivity contribution in [2.45, 2.75) is 25.4 Å². The molecule has 2 rings (SSSR count). The van der Waals surface area contributed by atoms with Crippen molar-refractivity contribution < 1.29 is 22.4 Å². The van der Waals surface area contributed by atoms with Gasteiger partial charge in [0.2, 0.25) is 5.82 Å². The van der Waals surface area contributed by atoms with E-state index < -0.39 is 18.8 Å². The van der Waals surface area contributed by atoms with Crippen LogP contribution in [0, 0.1) is 0 Å². The molecule has 24 heavy (non-hydrogen) atoms. The topological polar surface area (TPSA) is 90.1 Å². The van der Waals surface area contributed by atoms with Gasteiger partial charge in [-0.15, -0.1) is 0 Å². The Morgan fingerprint density at radius 2 is 2.17 bits per heavy atom. The van der Waals surface area contributed by atoms with Crippen molar-refractivity contribution in [3.05, 3.63) is 29.9 Å². The zero-order valence-corrected chi connectivity index (χ0v) is 14.7. The van der Waals surface area contributed by atoms with Gasteiger partial charge in [0.05, 0.1) is 18.5 Å². The molecular weight excluding hydrogens is 365 g/mol. The number of nitrogens with zero attached hydrogens (tertiary/aromatic N) is 3. The standard InChI is InChI=1S/C13H16ClF2N4O3P/c1-3-18-24(21,22-4-2)8-10-6-5-9(7-17-10)11-19-12(23-20-11)13(14,15)16/h5-7H,3-4,8H2,1-2H3,(H,18,21). The van der Waals surface area contributed by atoms with Crippen LogP contribution in [0.3, 0.4) is 0 Å². The van der Waals surface area contributed by atoms with Gasteiger partial charge in [-0.1, -0.05) is 12.1 Å². The van der Waals surface area contributed by atoms with E-state index >= 15 is 0 Å². The van der Waals surface area contributed by atoms with Crippen molar-refractivity contribution in [3.63, 3.8) is 0 Å². The minimum absolute atomic E-state index is 0.0657. The van der Waals surface area contributed by atoms with Gasteiger partial charge in [-0.2, -0.15) is 13.8 Å². The molecule has 0 aliphatic carbocycles. The summed E-state index contributed by atoms with van der Waals surface area (Å²) in [4.78, 5) is 7.66. The zero-order chi connectivity index (χ0) is 17.8. The molecule has 11 heteroatoms. The van der Waals surface area contributed by atoms with E-state index in [0.717, 1.165) is 0 Å². The maximum atomic E-state index is 12.9. The molecule has 7 nitrogen and oxygen atoms in total. The molecule has 0 saturated heterocycles. The number of pyridine rings is 1. The van der Waals surface area contributed by atoms with Gasteiger partial charge in [0, 0.05) is 18.3 Å². The molecule has 132 valence electrons. The summed E-state index contributed by atoms with van der Waals surface area (Å²) in [7, 11) is -3.03. The molecule has 2 aromatic rings. The van der Waals surface area contributed by atoms with Crippen LogP contribution in [-0.2, 0) is 20.6 Å². The van der Waals surface area contributed by atoms with Gasteiger partial charge >= 0.3 is 11.3 Å². The average molecular weight is 381 g/mol. The van der Waals surface area contributed by atoms with Crippen LogP contribution in [0.1, 0.15) is 25.4 Å². The van der Waals surface area contributed by atoms with Gasteiger partial charge in [0.25, 0.3) is 7.52 Å². The van der Waals surface area contributed by atoms with Gasteiger partial charge in [0.1, 0.15) is 0 Å². The van der Waals surface area contributed by atoms with Gasteiger partial charge < -0.3 is 9.05 Å². The second-order valence-corrected chi connectivity index (χ2v) is 7.43. The molecule has 2 aromatic heterocycles. The molecule has 0 amide bonds. The van der Waals surface area contributed by atoms with Crippen LogP contribution in [0.15, 0.2) is 22.9 Å². The third-order valence-corrected chi connectivity index (χ3v) is 5.23. The minimum Gasteiger partial charge on any atom is -0.331 e. The molecule has 0 aromatic carbocycles. The van der Waals surface area contributed by atoms with Crippen molar-refractivity contribution in [3.8, 4) is 11.4 Å². The van der Waals surface area contributed by atoms with Crippen LogP contribution >= 0.6 is 19.1 Å². The molecule has 0 radical (unpaired) electrons. The van der Waals surface area contributed by atoms with E-state index in [1.54, 1.807) is 19.1 Å². The van der Waals surface area contributed by atoms with E-state index in [0.29, 0.717) is 24.4 Å². The second kappa shape index (κ2) is 7.65. The molecule has 0 fully saturated rings. The van der Waals surface area contributed by atoms with E-state index in [1.165, 1.54) is 6.20 Å². The third-order valence-electron chi connectivity index (χ3n) is 2.86. The molecule has 0 bridgehead atoms. The maximum absolute atomic E-state index is 12.9. The smallest absolute Gasteiger partial charge is 0.331 e. The summed E-state index contributed by atoms with van der Waals surface area (Å²) in [6.07, 6.45) is 1.48. The van der Waals surface area contributed by atoms with Crippen LogP contribution in [0.25, 0.3) is 11.4 Å². The molecule has 1 atom stereocenters. The predicted octanol–water partition coefficient (Wildman–Crippen LogP) is 3.76. The fourth-order valence-corrected chi connectivity index (χ4v) is 3.80. The highest BCUT2D eigenvalue weighted by atomic mass is 35.5. The first-order valence-electron chi connectivity index (χ1n) is 7.12. The van der Waals surface area contributed by atoms with Crippen molar-refractivity contribution >= 4 is 19.1 Å². The summed E-state index contributed by atoms with van der Waals surface area (Å²) in [5.41, 5.74) is 0.882. The van der Waals surface area contributed by atoms with E-state index in [-0.39, 0.29) is 12.0 Å². The van der Waals surface area contributed by atoms with E-state index in [2.05, 4.69) is 24.7 Å². The zero-order valence-electron chi connectivity index (χ0n) is 13.0. The number of halogens is 3. The summed E-state index contributed by atoms with van der Waals surface area (Å²) in [5, 5.41) is 2.54. The fraction of sp³-hybridized carbons (Fsp3) is 0.462. The summed E-state index contributed by atoms with van der Waals surface area (Å²) in [5.74, 6) is -1.06. The van der Waals surface area contributed by atoms with Gasteiger partial charge in [0.15, 0.2) is 0 Å². The van der Waals surface area contributed by atoms with Gasteiger partial charge in [-0.05, 0) is 30.7 Å². The average Bonchev–Trinajstić information content (AvgIpc) is 2.98. The quantitative estimate of drug-likeness (QED) is 0.550. The number of nitrogens with one attached hydrogen (secondary N) is 1. The Morgan fingerprint density at radius 3 is 2.67 bits per heavy atom. The lowest BCUT2D eigenvalue weighted by Gasteiger charge is -2.17. The number of alkyl halides is 3. The number of rotatable bonds is 8. The lowest BCUT2D eigenvalue weighted by molar-refractivity contribution is 0.0551. The Morgan fingerprint density at radius 1 is 1.42 bits per heavy atom. The van der Waals surface area contributed by atoms with Gasteiger partial charge in [-0.3, -0.25) is 9.55 Å². The van der Waals surface area contributed by atoms with Crippen LogP contribution in [-0.4, -0.2) is 28.3 Å². The van der Waals surface area contributed by atoms with Crippen molar-refractivity contribution in [2.75, 3.05) is 13.2 Å². The largest absolute Gasteiger partial charge is 0.400 e. The lowest BCUT2D eigenvalue weighted by Crippen LogP contribution is -2.14. The highest BCUT2D eigenvalue weighted by molar-refractivity contribution is 7.56. The molecule has 2 heterocycles. The maximum Gasteiger partial charge on any atom is 0.400 e. The first-order valence-corrected chi connectivity index (χ1v) is 9.31. The number of aromatic nitrogens is 3. The first-order chi connectivity index (χ1) is 11.3. The minimum atomic E-state index is -3.73. The predicted molar refractivity (Wildman–Crippen MR) is 83.9 cm³/mol. The van der Waals surface area contributed by atoms with Crippen LogP contribution in [0.4, 0.5) is 8.78 Å². The van der Waals surface area contributed by atoms with Crippen LogP contribution in [0.2, 0.25) is 0 Å². The van der Waals surface area contributed by atoms with E-state index in [1.807, 2.05) is 6.92 Å². The van der Waals surface area contributed by atoms with Crippen LogP contribution in [0.5, 0.6) is 0 Å². The Kier molecular flexibility index (Phi) is 6.03. The Balaban J connectivity index is 2.16. The normalized spacial score (nSPS) is 14.5. The molecule has 1 N–H and O–H groups in total. The van der Waals surface area contributed by atoms with Gasteiger partial charge in [-0.25, -0.2) is 5.09 Å². The molecular formula is C13H16ClF2N4O3P. The van der Waals surface area contributed by atoms with Crippen molar-refractivity contribution in [1.29, 1.82) is 0 Å². The second-order valence-electron chi connectivity index (χ2n) is 4.72. The van der Waals surface area contributed by atoms with Crippen LogP contribution < -0.4 is 5.09 Å². The SMILES string of the molecule is CCNP(=O)(Cc1ccc(-c2noc(C(F)(F)Cl)n2)cn1)OCC. The highest BCUT2D eigenvalue weighted by Gasteiger charge is 2.35. The summed E-state index contributed by atoms with van der Waals surface area (Å²) in [6, 6.07) is 3.15. The van der Waals surface area contributed by atoms with E-state index in [4.69, 9.17) is 16.1 Å². The Bertz CT molecular complexity index is 711. The molecule has 1 unspecified atom stereocenters. The lowest BCUT2D eigenvalue weighted by atomic mass is 10.2. The highest BCUT2D eigenvalue weighted by Crippen LogP contribution is 2.45. The summed E-state index contributed by atoms with van der Waals surface area (Å²) >= 11 is 4.82.